The monoisotopic (exact) mass is 335 g/mol. The summed E-state index contributed by atoms with van der Waals surface area (Å²) in [5.74, 6) is 0.110. The molecular weight excluding hydrogens is 310 g/mol. The number of ether oxygens (including phenoxy) is 2. The van der Waals surface area contributed by atoms with Gasteiger partial charge in [0.2, 0.25) is 5.91 Å². The molecule has 3 N–H and O–H groups in total. The van der Waals surface area contributed by atoms with Crippen LogP contribution in [0.5, 0.6) is 5.75 Å². The number of nitrogens with one attached hydrogen (secondary N) is 1. The summed E-state index contributed by atoms with van der Waals surface area (Å²) in [4.78, 5) is 26.0. The topological polar surface area (TPSA) is 93.9 Å². The maximum Gasteiger partial charge on any atom is 0.310 e. The van der Waals surface area contributed by atoms with Gasteiger partial charge in [0.15, 0.2) is 0 Å². The lowest BCUT2D eigenvalue weighted by molar-refractivity contribution is -0.150. The highest BCUT2D eigenvalue weighted by atomic mass is 16.5. The van der Waals surface area contributed by atoms with Gasteiger partial charge in [0.25, 0.3) is 0 Å². The van der Waals surface area contributed by atoms with Gasteiger partial charge in [0.05, 0.1) is 31.9 Å². The van der Waals surface area contributed by atoms with Crippen molar-refractivity contribution < 1.29 is 19.1 Å². The predicted molar refractivity (Wildman–Crippen MR) is 91.8 cm³/mol. The fourth-order valence-electron chi connectivity index (χ4n) is 2.87. The number of amides is 1. The first-order chi connectivity index (χ1) is 11.5. The van der Waals surface area contributed by atoms with Crippen LogP contribution in [-0.4, -0.2) is 50.1 Å². The third-order valence-electron chi connectivity index (χ3n) is 4.01. The standard InChI is InChI=1S/C17H25N3O4/c1-3-24-17(22)12-5-4-8-20(10-12)11-16(21)19-13-6-7-15(23-2)14(18)9-13/h6-7,9,12H,3-5,8,10-11,18H2,1-2H3,(H,19,21). The van der Waals surface area contributed by atoms with Crippen LogP contribution in [0, 0.1) is 5.92 Å². The Kier molecular flexibility index (Phi) is 6.43. The van der Waals surface area contributed by atoms with Crippen molar-refractivity contribution in [3.05, 3.63) is 18.2 Å². The van der Waals surface area contributed by atoms with Gasteiger partial charge in [-0.05, 0) is 44.5 Å². The predicted octanol–water partition coefficient (Wildman–Crippen LogP) is 1.49. The average molecular weight is 335 g/mol. The minimum atomic E-state index is -0.175. The molecule has 0 aliphatic carbocycles. The Hall–Kier alpha value is -2.28. The molecule has 1 unspecified atom stereocenters. The molecule has 0 saturated carbocycles. The summed E-state index contributed by atoms with van der Waals surface area (Å²) in [5, 5.41) is 2.82. The van der Waals surface area contributed by atoms with Crippen LogP contribution in [-0.2, 0) is 14.3 Å². The molecule has 0 spiro atoms. The van der Waals surface area contributed by atoms with E-state index in [1.54, 1.807) is 32.2 Å². The smallest absolute Gasteiger partial charge is 0.310 e. The number of esters is 1. The van der Waals surface area contributed by atoms with Gasteiger partial charge in [-0.15, -0.1) is 0 Å². The maximum absolute atomic E-state index is 12.2. The van der Waals surface area contributed by atoms with E-state index in [9.17, 15) is 9.59 Å². The van der Waals surface area contributed by atoms with Crippen LogP contribution >= 0.6 is 0 Å². The van der Waals surface area contributed by atoms with Gasteiger partial charge in [-0.1, -0.05) is 0 Å². The summed E-state index contributed by atoms with van der Waals surface area (Å²) in [6.45, 7) is 3.77. The van der Waals surface area contributed by atoms with E-state index < -0.39 is 0 Å². The first-order valence-electron chi connectivity index (χ1n) is 8.15. The van der Waals surface area contributed by atoms with Crippen LogP contribution in [0.3, 0.4) is 0 Å². The van der Waals surface area contributed by atoms with Crippen molar-refractivity contribution in [3.63, 3.8) is 0 Å². The Labute approximate surface area is 142 Å². The molecule has 1 fully saturated rings. The summed E-state index contributed by atoms with van der Waals surface area (Å²) in [5.41, 5.74) is 6.92. The van der Waals surface area contributed by atoms with Gasteiger partial charge in [-0.3, -0.25) is 14.5 Å². The van der Waals surface area contributed by atoms with Gasteiger partial charge in [0.1, 0.15) is 5.75 Å². The maximum atomic E-state index is 12.2. The molecule has 1 aliphatic rings. The third kappa shape index (κ3) is 4.86. The van der Waals surface area contributed by atoms with Crippen molar-refractivity contribution in [1.82, 2.24) is 4.90 Å². The molecule has 7 nitrogen and oxygen atoms in total. The minimum absolute atomic E-state index is 0.135. The molecule has 7 heteroatoms. The van der Waals surface area contributed by atoms with E-state index in [2.05, 4.69) is 5.32 Å². The Balaban J connectivity index is 1.87. The van der Waals surface area contributed by atoms with Gasteiger partial charge in [-0.25, -0.2) is 0 Å². The van der Waals surface area contributed by atoms with Gasteiger partial charge >= 0.3 is 5.97 Å². The number of nitrogens with two attached hydrogens (primary N) is 1. The zero-order chi connectivity index (χ0) is 17.5. The Morgan fingerprint density at radius 3 is 2.88 bits per heavy atom. The van der Waals surface area contributed by atoms with E-state index in [0.717, 1.165) is 19.4 Å². The number of nitrogen functional groups attached to an aromatic ring is 1. The fourth-order valence-corrected chi connectivity index (χ4v) is 2.87. The quantitative estimate of drug-likeness (QED) is 0.604. The molecule has 1 heterocycles. The van der Waals surface area contributed by atoms with Crippen LogP contribution in [0.25, 0.3) is 0 Å². The lowest BCUT2D eigenvalue weighted by Gasteiger charge is -2.30. The number of likely N-dealkylation sites (tertiary alicyclic amines) is 1. The summed E-state index contributed by atoms with van der Waals surface area (Å²) < 4.78 is 10.2. The highest BCUT2D eigenvalue weighted by Crippen LogP contribution is 2.24. The van der Waals surface area contributed by atoms with E-state index in [1.807, 2.05) is 4.90 Å². The van der Waals surface area contributed by atoms with E-state index in [4.69, 9.17) is 15.2 Å². The number of anilines is 2. The molecule has 0 bridgehead atoms. The number of methoxy groups -OCH3 is 1. The molecule has 1 aliphatic heterocycles. The van der Waals surface area contributed by atoms with Crippen LogP contribution < -0.4 is 15.8 Å². The average Bonchev–Trinajstić information content (AvgIpc) is 2.55. The zero-order valence-electron chi connectivity index (χ0n) is 14.2. The number of hydrogen-bond acceptors (Lipinski definition) is 6. The zero-order valence-corrected chi connectivity index (χ0v) is 14.2. The van der Waals surface area contributed by atoms with Crippen LogP contribution in [0.2, 0.25) is 0 Å². The van der Waals surface area contributed by atoms with Crippen LogP contribution in [0.1, 0.15) is 19.8 Å². The summed E-state index contributed by atoms with van der Waals surface area (Å²) in [6, 6.07) is 5.11. The molecule has 1 aromatic rings. The lowest BCUT2D eigenvalue weighted by atomic mass is 9.98. The molecule has 1 aromatic carbocycles. The van der Waals surface area contributed by atoms with Crippen molar-refractivity contribution in [2.24, 2.45) is 5.92 Å². The molecule has 132 valence electrons. The SMILES string of the molecule is CCOC(=O)C1CCCN(CC(=O)Nc2ccc(OC)c(N)c2)C1. The van der Waals surface area contributed by atoms with E-state index in [-0.39, 0.29) is 24.3 Å². The third-order valence-corrected chi connectivity index (χ3v) is 4.01. The van der Waals surface area contributed by atoms with E-state index in [1.165, 1.54) is 0 Å². The fraction of sp³-hybridized carbons (Fsp3) is 0.529. The highest BCUT2D eigenvalue weighted by molar-refractivity contribution is 5.93. The highest BCUT2D eigenvalue weighted by Gasteiger charge is 2.27. The molecule has 1 saturated heterocycles. The van der Waals surface area contributed by atoms with Crippen molar-refractivity contribution >= 4 is 23.3 Å². The molecule has 1 atom stereocenters. The second-order valence-electron chi connectivity index (χ2n) is 5.83. The molecule has 2 rings (SSSR count). The van der Waals surface area contributed by atoms with Gasteiger partial charge in [-0.2, -0.15) is 0 Å². The first-order valence-corrected chi connectivity index (χ1v) is 8.15. The Morgan fingerprint density at radius 2 is 2.21 bits per heavy atom. The van der Waals surface area contributed by atoms with Gasteiger partial charge in [0, 0.05) is 12.2 Å². The largest absolute Gasteiger partial charge is 0.495 e. The molecule has 0 radical (unpaired) electrons. The van der Waals surface area contributed by atoms with Crippen molar-refractivity contribution in [1.29, 1.82) is 0 Å². The molecule has 24 heavy (non-hydrogen) atoms. The Bertz CT molecular complexity index is 591. The van der Waals surface area contributed by atoms with Crippen LogP contribution in [0.15, 0.2) is 18.2 Å². The lowest BCUT2D eigenvalue weighted by Crippen LogP contribution is -2.43. The molecule has 0 aromatic heterocycles. The number of benzene rings is 1. The number of hydrogen-bond donors (Lipinski definition) is 2. The number of carbonyl (C=O) groups is 2. The van der Waals surface area contributed by atoms with Crippen molar-refractivity contribution in [2.45, 2.75) is 19.8 Å². The number of rotatable bonds is 6. The Morgan fingerprint density at radius 1 is 1.42 bits per heavy atom. The first kappa shape index (κ1) is 18.1. The normalized spacial score (nSPS) is 18.0. The summed E-state index contributed by atoms with van der Waals surface area (Å²) >= 11 is 0. The molecule has 1 amide bonds. The van der Waals surface area contributed by atoms with Crippen molar-refractivity contribution in [2.75, 3.05) is 44.4 Å². The van der Waals surface area contributed by atoms with Crippen LogP contribution in [0.4, 0.5) is 11.4 Å². The number of nitrogens with zero attached hydrogens (tertiary/aromatic N) is 1. The van der Waals surface area contributed by atoms with E-state index >= 15 is 0 Å². The number of piperidine rings is 1. The second-order valence-corrected chi connectivity index (χ2v) is 5.83. The van der Waals surface area contributed by atoms with Crippen molar-refractivity contribution in [3.8, 4) is 5.75 Å². The summed E-state index contributed by atoms with van der Waals surface area (Å²) in [7, 11) is 1.54. The number of carbonyl (C=O) groups excluding carboxylic acids is 2. The van der Waals surface area contributed by atoms with E-state index in [0.29, 0.717) is 30.3 Å². The summed E-state index contributed by atoms with van der Waals surface area (Å²) in [6.07, 6.45) is 1.69. The second kappa shape index (κ2) is 8.54. The van der Waals surface area contributed by atoms with Gasteiger partial charge < -0.3 is 20.5 Å². The minimum Gasteiger partial charge on any atom is -0.495 e. The molecular formula is C17H25N3O4.